The van der Waals surface area contributed by atoms with E-state index in [1.807, 2.05) is 0 Å². The molecule has 2 nitrogen and oxygen atoms in total. The standard InChI is InChI=1S/C4H8O2/c1-3-4(2)6-5/h3-4H,1-2H3. The number of hydrogen-bond donors (Lipinski definition) is 0. The fraction of sp³-hybridized carbons (Fsp3) is 0.750. The smallest absolute Gasteiger partial charge is 0.0963 e. The lowest BCUT2D eigenvalue weighted by atomic mass is 10.3. The zero-order valence-corrected chi connectivity index (χ0v) is 3.97. The van der Waals surface area contributed by atoms with Crippen molar-refractivity contribution in [3.05, 3.63) is 6.42 Å². The Kier molecular flexibility index (Phi) is 3.08. The molecule has 0 aromatic carbocycles. The van der Waals surface area contributed by atoms with Gasteiger partial charge in [0.2, 0.25) is 0 Å². The molecule has 0 bridgehead atoms. The monoisotopic (exact) mass is 88.1 g/mol. The summed E-state index contributed by atoms with van der Waals surface area (Å²) in [7, 11) is 0. The van der Waals surface area contributed by atoms with Gasteiger partial charge in [-0.2, -0.15) is 0 Å². The fourth-order valence-corrected chi connectivity index (χ4v) is 0.0556. The Balaban J connectivity index is 2.75. The Morgan fingerprint density at radius 2 is 2.33 bits per heavy atom. The summed E-state index contributed by atoms with van der Waals surface area (Å²) in [5, 5.41) is 9.33. The first-order chi connectivity index (χ1) is 2.81. The lowest BCUT2D eigenvalue weighted by Crippen LogP contribution is -2.00. The van der Waals surface area contributed by atoms with Crippen LogP contribution >= 0.6 is 0 Å². The van der Waals surface area contributed by atoms with Gasteiger partial charge in [0.05, 0.1) is 6.10 Å². The van der Waals surface area contributed by atoms with Gasteiger partial charge >= 0.3 is 0 Å². The average molecular weight is 88.1 g/mol. The molecule has 36 valence electrons. The minimum Gasteiger partial charge on any atom is -0.200 e. The first-order valence-corrected chi connectivity index (χ1v) is 1.89. The maximum absolute atomic E-state index is 9.33. The highest BCUT2D eigenvalue weighted by Crippen LogP contribution is 1.88. The van der Waals surface area contributed by atoms with Crippen molar-refractivity contribution in [3.63, 3.8) is 0 Å². The van der Waals surface area contributed by atoms with Crippen LogP contribution in [0.25, 0.3) is 0 Å². The Hall–Kier alpha value is -0.0800. The highest BCUT2D eigenvalue weighted by Gasteiger charge is 1.93. The van der Waals surface area contributed by atoms with Crippen molar-refractivity contribution in [1.82, 2.24) is 0 Å². The van der Waals surface area contributed by atoms with Crippen LogP contribution in [0.2, 0.25) is 0 Å². The molecule has 1 atom stereocenters. The minimum atomic E-state index is -0.245. The molecule has 0 aromatic heterocycles. The lowest BCUT2D eigenvalue weighted by molar-refractivity contribution is -0.323. The molecular weight excluding hydrogens is 80.0 g/mol. The van der Waals surface area contributed by atoms with E-state index in [1.54, 1.807) is 20.3 Å². The summed E-state index contributed by atoms with van der Waals surface area (Å²) < 4.78 is 0. The average Bonchev–Trinajstić information content (AvgIpc) is 1.65. The summed E-state index contributed by atoms with van der Waals surface area (Å²) in [6, 6.07) is 0. The molecule has 0 heterocycles. The number of hydrogen-bond acceptors (Lipinski definition) is 1. The fourth-order valence-electron chi connectivity index (χ4n) is 0.0556. The van der Waals surface area contributed by atoms with Crippen molar-refractivity contribution < 1.29 is 10.1 Å². The predicted octanol–water partition coefficient (Wildman–Crippen LogP) is 0.961. The maximum Gasteiger partial charge on any atom is 0.0963 e. The minimum absolute atomic E-state index is 0.245. The zero-order valence-electron chi connectivity index (χ0n) is 3.97. The van der Waals surface area contributed by atoms with Gasteiger partial charge in [0.15, 0.2) is 0 Å². The third kappa shape index (κ3) is 2.18. The van der Waals surface area contributed by atoms with E-state index in [0.29, 0.717) is 0 Å². The molecule has 0 saturated carbocycles. The van der Waals surface area contributed by atoms with Crippen LogP contribution in [0.5, 0.6) is 0 Å². The second kappa shape index (κ2) is 3.12. The molecule has 0 saturated heterocycles. The maximum atomic E-state index is 9.33. The topological polar surface area (TPSA) is 29.1 Å². The van der Waals surface area contributed by atoms with Gasteiger partial charge in [-0.15, -0.1) is 0 Å². The lowest BCUT2D eigenvalue weighted by Gasteiger charge is -1.95. The van der Waals surface area contributed by atoms with Crippen molar-refractivity contribution >= 4 is 0 Å². The molecular formula is C4H8O2. The van der Waals surface area contributed by atoms with Crippen LogP contribution in [0.1, 0.15) is 13.8 Å². The Labute approximate surface area is 37.7 Å². The van der Waals surface area contributed by atoms with Crippen molar-refractivity contribution in [2.45, 2.75) is 20.0 Å². The van der Waals surface area contributed by atoms with E-state index >= 15 is 0 Å². The van der Waals surface area contributed by atoms with Gasteiger partial charge in [0.25, 0.3) is 0 Å². The zero-order chi connectivity index (χ0) is 4.99. The van der Waals surface area contributed by atoms with Crippen LogP contribution < -0.4 is 0 Å². The van der Waals surface area contributed by atoms with Crippen LogP contribution in [-0.4, -0.2) is 6.10 Å². The van der Waals surface area contributed by atoms with Gasteiger partial charge in [-0.05, 0) is 18.6 Å². The summed E-state index contributed by atoms with van der Waals surface area (Å²) in [5.41, 5.74) is 0. The van der Waals surface area contributed by atoms with Gasteiger partial charge in [0, 0.05) is 0 Å². The van der Waals surface area contributed by atoms with Crippen molar-refractivity contribution in [1.29, 1.82) is 0 Å². The molecule has 0 fully saturated rings. The third-order valence-corrected chi connectivity index (χ3v) is 0.621. The third-order valence-electron chi connectivity index (χ3n) is 0.621. The summed E-state index contributed by atoms with van der Waals surface area (Å²) >= 11 is 0. The van der Waals surface area contributed by atoms with Crippen molar-refractivity contribution in [3.8, 4) is 0 Å². The molecule has 0 aliphatic heterocycles. The van der Waals surface area contributed by atoms with E-state index in [4.69, 9.17) is 0 Å². The van der Waals surface area contributed by atoms with Crippen LogP contribution in [0.3, 0.4) is 0 Å². The van der Waals surface area contributed by atoms with E-state index in [0.717, 1.165) is 0 Å². The molecule has 0 amide bonds. The first kappa shape index (κ1) is 5.92. The van der Waals surface area contributed by atoms with E-state index in [1.165, 1.54) is 0 Å². The van der Waals surface area contributed by atoms with Crippen LogP contribution in [0, 0.1) is 6.42 Å². The van der Waals surface area contributed by atoms with Gasteiger partial charge < -0.3 is 0 Å². The molecule has 2 radical (unpaired) electrons. The summed E-state index contributed by atoms with van der Waals surface area (Å²) in [4.78, 5) is 3.59. The molecule has 0 spiro atoms. The summed E-state index contributed by atoms with van der Waals surface area (Å²) in [5.74, 6) is 0. The molecule has 0 N–H and O–H groups in total. The highest BCUT2D eigenvalue weighted by molar-refractivity contribution is 4.62. The second-order valence-electron chi connectivity index (χ2n) is 1.13. The van der Waals surface area contributed by atoms with Gasteiger partial charge in [-0.3, -0.25) is 0 Å². The first-order valence-electron chi connectivity index (χ1n) is 1.89. The molecule has 2 heteroatoms. The van der Waals surface area contributed by atoms with E-state index < -0.39 is 0 Å². The number of rotatable bonds is 2. The van der Waals surface area contributed by atoms with E-state index in [9.17, 15) is 5.26 Å². The van der Waals surface area contributed by atoms with Crippen LogP contribution in [0.15, 0.2) is 0 Å². The summed E-state index contributed by atoms with van der Waals surface area (Å²) in [6.45, 7) is 3.47. The van der Waals surface area contributed by atoms with Crippen molar-refractivity contribution in [2.24, 2.45) is 0 Å². The van der Waals surface area contributed by atoms with E-state index in [2.05, 4.69) is 4.89 Å². The summed E-state index contributed by atoms with van der Waals surface area (Å²) in [6.07, 6.45) is 1.44. The largest absolute Gasteiger partial charge is 0.200 e. The normalized spacial score (nSPS) is 14.5. The van der Waals surface area contributed by atoms with Gasteiger partial charge in [-0.25, -0.2) is 4.89 Å². The Morgan fingerprint density at radius 3 is 2.33 bits per heavy atom. The quantitative estimate of drug-likeness (QED) is 0.365. The second-order valence-corrected chi connectivity index (χ2v) is 1.13. The van der Waals surface area contributed by atoms with Crippen molar-refractivity contribution in [2.75, 3.05) is 0 Å². The Morgan fingerprint density at radius 1 is 1.83 bits per heavy atom. The molecule has 0 aromatic rings. The predicted molar refractivity (Wildman–Crippen MR) is 21.2 cm³/mol. The molecule has 0 rings (SSSR count). The SMILES string of the molecule is C[CH]C(C)O[O]. The molecule has 0 aliphatic rings. The molecule has 6 heavy (non-hydrogen) atoms. The van der Waals surface area contributed by atoms with Crippen LogP contribution in [0.4, 0.5) is 0 Å². The van der Waals surface area contributed by atoms with Crippen LogP contribution in [-0.2, 0) is 10.1 Å². The Bertz CT molecular complexity index is 24.7. The molecule has 0 aliphatic carbocycles. The van der Waals surface area contributed by atoms with E-state index in [-0.39, 0.29) is 6.10 Å². The van der Waals surface area contributed by atoms with Gasteiger partial charge in [0.1, 0.15) is 0 Å². The highest BCUT2D eigenvalue weighted by atomic mass is 17.1. The molecule has 1 unspecified atom stereocenters. The van der Waals surface area contributed by atoms with Gasteiger partial charge in [-0.1, -0.05) is 6.92 Å².